The van der Waals surface area contributed by atoms with E-state index in [0.29, 0.717) is 42.7 Å². The van der Waals surface area contributed by atoms with E-state index in [1.54, 1.807) is 20.3 Å². The first-order valence-corrected chi connectivity index (χ1v) is 9.62. The van der Waals surface area contributed by atoms with Gasteiger partial charge in [-0.2, -0.15) is 0 Å². The molecular weight excluding hydrogens is 498 g/mol. The van der Waals surface area contributed by atoms with Gasteiger partial charge in [-0.05, 0) is 56.4 Å². The van der Waals surface area contributed by atoms with Crippen molar-refractivity contribution in [2.45, 2.75) is 26.6 Å². The Labute approximate surface area is 195 Å². The molecule has 0 atom stereocenters. The third-order valence-electron chi connectivity index (χ3n) is 4.27. The molecule has 0 aliphatic rings. The summed E-state index contributed by atoms with van der Waals surface area (Å²) in [6, 6.07) is 10.9. The first kappa shape index (κ1) is 26.0. The normalized spacial score (nSPS) is 11.1. The van der Waals surface area contributed by atoms with Crippen molar-refractivity contribution in [3.05, 3.63) is 58.9 Å². The SMILES string of the molecule is CCNC(=NCc1ccc(F)c(CN(C)C)c1)NCc1ccc(OC)c(OC)c1.I. The van der Waals surface area contributed by atoms with Crippen molar-refractivity contribution in [3.8, 4) is 11.5 Å². The molecule has 0 saturated heterocycles. The lowest BCUT2D eigenvalue weighted by Crippen LogP contribution is -2.36. The Kier molecular flexibility index (Phi) is 11.5. The molecule has 166 valence electrons. The summed E-state index contributed by atoms with van der Waals surface area (Å²) in [7, 11) is 7.08. The lowest BCUT2D eigenvalue weighted by molar-refractivity contribution is 0.354. The van der Waals surface area contributed by atoms with Crippen molar-refractivity contribution < 1.29 is 13.9 Å². The Hall–Kier alpha value is -2.07. The third kappa shape index (κ3) is 7.98. The van der Waals surface area contributed by atoms with Gasteiger partial charge in [0.1, 0.15) is 5.82 Å². The Bertz CT molecular complexity index is 831. The van der Waals surface area contributed by atoms with Crippen LogP contribution >= 0.6 is 24.0 Å². The highest BCUT2D eigenvalue weighted by Crippen LogP contribution is 2.27. The molecule has 0 fully saturated rings. The summed E-state index contributed by atoms with van der Waals surface area (Å²) in [4.78, 5) is 6.57. The number of ether oxygens (including phenoxy) is 2. The van der Waals surface area contributed by atoms with Gasteiger partial charge in [0.2, 0.25) is 0 Å². The molecule has 0 heterocycles. The molecule has 0 aliphatic heterocycles. The predicted octanol–water partition coefficient (Wildman–Crippen LogP) is 3.78. The van der Waals surface area contributed by atoms with Crippen LogP contribution in [0.2, 0.25) is 0 Å². The fraction of sp³-hybridized carbons (Fsp3) is 0.409. The number of benzene rings is 2. The molecule has 8 heteroatoms. The van der Waals surface area contributed by atoms with Crippen LogP contribution in [0.5, 0.6) is 11.5 Å². The zero-order valence-corrected chi connectivity index (χ0v) is 20.6. The van der Waals surface area contributed by atoms with Gasteiger partial charge in [-0.25, -0.2) is 9.38 Å². The van der Waals surface area contributed by atoms with Crippen molar-refractivity contribution in [1.82, 2.24) is 15.5 Å². The van der Waals surface area contributed by atoms with E-state index < -0.39 is 0 Å². The molecule has 30 heavy (non-hydrogen) atoms. The fourth-order valence-corrected chi connectivity index (χ4v) is 2.88. The molecule has 2 aromatic carbocycles. The van der Waals surface area contributed by atoms with Crippen molar-refractivity contribution >= 4 is 29.9 Å². The van der Waals surface area contributed by atoms with E-state index in [9.17, 15) is 4.39 Å². The van der Waals surface area contributed by atoms with Crippen LogP contribution in [-0.2, 0) is 19.6 Å². The summed E-state index contributed by atoms with van der Waals surface area (Å²) in [5, 5.41) is 6.55. The van der Waals surface area contributed by atoms with E-state index in [1.165, 1.54) is 6.07 Å². The lowest BCUT2D eigenvalue weighted by Gasteiger charge is -2.14. The summed E-state index contributed by atoms with van der Waals surface area (Å²) >= 11 is 0. The van der Waals surface area contributed by atoms with Gasteiger partial charge in [0, 0.05) is 25.2 Å². The number of methoxy groups -OCH3 is 2. The zero-order valence-electron chi connectivity index (χ0n) is 18.3. The van der Waals surface area contributed by atoms with Crippen LogP contribution in [0.4, 0.5) is 4.39 Å². The first-order chi connectivity index (χ1) is 14.0. The van der Waals surface area contributed by atoms with Gasteiger partial charge in [0.05, 0.1) is 20.8 Å². The van der Waals surface area contributed by atoms with E-state index in [0.717, 1.165) is 17.7 Å². The highest BCUT2D eigenvalue weighted by Gasteiger charge is 2.07. The second-order valence-corrected chi connectivity index (χ2v) is 6.90. The minimum absolute atomic E-state index is 0. The Balaban J connectivity index is 0.00000450. The van der Waals surface area contributed by atoms with Crippen molar-refractivity contribution in [2.75, 3.05) is 34.9 Å². The summed E-state index contributed by atoms with van der Waals surface area (Å²) in [6.45, 7) is 4.36. The molecule has 0 spiro atoms. The molecule has 2 rings (SSSR count). The van der Waals surface area contributed by atoms with Gasteiger partial charge in [-0.1, -0.05) is 12.1 Å². The summed E-state index contributed by atoms with van der Waals surface area (Å²) in [5.41, 5.74) is 2.68. The lowest BCUT2D eigenvalue weighted by atomic mass is 10.1. The maximum Gasteiger partial charge on any atom is 0.191 e. The fourth-order valence-electron chi connectivity index (χ4n) is 2.88. The van der Waals surface area contributed by atoms with Gasteiger partial charge in [0.15, 0.2) is 17.5 Å². The quantitative estimate of drug-likeness (QED) is 0.294. The zero-order chi connectivity index (χ0) is 21.2. The molecule has 0 radical (unpaired) electrons. The van der Waals surface area contributed by atoms with E-state index in [2.05, 4.69) is 15.6 Å². The maximum atomic E-state index is 14.0. The van der Waals surface area contributed by atoms with E-state index in [-0.39, 0.29) is 29.8 Å². The molecular formula is C22H32FIN4O2. The molecule has 6 nitrogen and oxygen atoms in total. The number of nitrogens with zero attached hydrogens (tertiary/aromatic N) is 2. The number of guanidine groups is 1. The van der Waals surface area contributed by atoms with Crippen LogP contribution in [-0.4, -0.2) is 45.7 Å². The number of rotatable bonds is 9. The standard InChI is InChI=1S/C22H31FN4O2.HI/c1-6-24-22(26-14-17-8-10-20(28-4)21(12-17)29-5)25-13-16-7-9-19(23)18(11-16)15-27(2)3;/h7-12H,6,13-15H2,1-5H3,(H2,24,25,26);1H. The summed E-state index contributed by atoms with van der Waals surface area (Å²) in [6.07, 6.45) is 0. The number of hydrogen-bond acceptors (Lipinski definition) is 4. The minimum atomic E-state index is -0.190. The second-order valence-electron chi connectivity index (χ2n) is 6.90. The van der Waals surface area contributed by atoms with Crippen LogP contribution in [0.1, 0.15) is 23.6 Å². The maximum absolute atomic E-state index is 14.0. The molecule has 0 amide bonds. The molecule has 0 saturated carbocycles. The average molecular weight is 530 g/mol. The van der Waals surface area contributed by atoms with E-state index in [4.69, 9.17) is 9.47 Å². The van der Waals surface area contributed by atoms with Crippen LogP contribution in [0.15, 0.2) is 41.4 Å². The van der Waals surface area contributed by atoms with E-state index in [1.807, 2.05) is 50.2 Å². The predicted molar refractivity (Wildman–Crippen MR) is 130 cm³/mol. The molecule has 0 unspecified atom stereocenters. The average Bonchev–Trinajstić information content (AvgIpc) is 2.71. The smallest absolute Gasteiger partial charge is 0.191 e. The second kappa shape index (κ2) is 13.3. The Morgan fingerprint density at radius 3 is 2.33 bits per heavy atom. The van der Waals surface area contributed by atoms with Gasteiger partial charge < -0.3 is 25.0 Å². The number of aliphatic imine (C=N–C) groups is 1. The molecule has 2 N–H and O–H groups in total. The summed E-state index contributed by atoms with van der Waals surface area (Å²) < 4.78 is 24.6. The van der Waals surface area contributed by atoms with Gasteiger partial charge >= 0.3 is 0 Å². The van der Waals surface area contributed by atoms with Crippen molar-refractivity contribution in [3.63, 3.8) is 0 Å². The first-order valence-electron chi connectivity index (χ1n) is 9.62. The van der Waals surface area contributed by atoms with E-state index >= 15 is 0 Å². The van der Waals surface area contributed by atoms with Crippen LogP contribution in [0.3, 0.4) is 0 Å². The Morgan fingerprint density at radius 2 is 1.70 bits per heavy atom. The van der Waals surface area contributed by atoms with Crippen molar-refractivity contribution in [1.29, 1.82) is 0 Å². The van der Waals surface area contributed by atoms with Crippen LogP contribution in [0, 0.1) is 5.82 Å². The summed E-state index contributed by atoms with van der Waals surface area (Å²) in [5.74, 6) is 1.89. The van der Waals surface area contributed by atoms with Crippen molar-refractivity contribution in [2.24, 2.45) is 4.99 Å². The number of hydrogen-bond donors (Lipinski definition) is 2. The number of halogens is 2. The van der Waals surface area contributed by atoms with Crippen LogP contribution < -0.4 is 20.1 Å². The monoisotopic (exact) mass is 530 g/mol. The third-order valence-corrected chi connectivity index (χ3v) is 4.27. The van der Waals surface area contributed by atoms with Gasteiger partial charge in [0.25, 0.3) is 0 Å². The van der Waals surface area contributed by atoms with Gasteiger partial charge in [-0.3, -0.25) is 0 Å². The Morgan fingerprint density at radius 1 is 1.00 bits per heavy atom. The molecule has 0 aliphatic carbocycles. The largest absolute Gasteiger partial charge is 0.493 e. The highest BCUT2D eigenvalue weighted by atomic mass is 127. The minimum Gasteiger partial charge on any atom is -0.493 e. The highest BCUT2D eigenvalue weighted by molar-refractivity contribution is 14.0. The number of nitrogens with one attached hydrogen (secondary N) is 2. The van der Waals surface area contributed by atoms with Gasteiger partial charge in [-0.15, -0.1) is 24.0 Å². The molecule has 0 bridgehead atoms. The topological polar surface area (TPSA) is 58.1 Å². The van der Waals surface area contributed by atoms with Crippen LogP contribution in [0.25, 0.3) is 0 Å². The molecule has 0 aromatic heterocycles. The molecule has 2 aromatic rings.